The standard InChI is InChI=1S/C32H33N5O3S/c1-22-17-25(19-33)18-23(2)30(22)40-31-29(26-7-5-4-6-8-26)20-34-32(36-31)35-27-13-15-37(16-14-27)21-24-9-11-28(12-10-24)41(3,38)39/h4-12,17-18,20,27H,13-16,21H2,1-3H3,(H,34,35,36). The number of aromatic nitrogens is 2. The Morgan fingerprint density at radius 3 is 2.29 bits per heavy atom. The molecule has 0 aliphatic carbocycles. The molecule has 0 saturated carbocycles. The summed E-state index contributed by atoms with van der Waals surface area (Å²) in [6, 6.07) is 23.1. The number of hydrogen-bond acceptors (Lipinski definition) is 8. The number of nitrogens with one attached hydrogen (secondary N) is 1. The summed E-state index contributed by atoms with van der Waals surface area (Å²) in [6.07, 6.45) is 4.87. The second-order valence-corrected chi connectivity index (χ2v) is 12.6. The van der Waals surface area contributed by atoms with Gasteiger partial charge in [-0.1, -0.05) is 42.5 Å². The summed E-state index contributed by atoms with van der Waals surface area (Å²) >= 11 is 0. The SMILES string of the molecule is Cc1cc(C#N)cc(C)c1Oc1nc(NC2CCN(Cc3ccc(S(C)(=O)=O)cc3)CC2)ncc1-c1ccccc1. The van der Waals surface area contributed by atoms with Crippen molar-refractivity contribution in [3.05, 3.63) is 95.2 Å². The first-order chi connectivity index (χ1) is 19.7. The average Bonchev–Trinajstić information content (AvgIpc) is 2.96. The Balaban J connectivity index is 1.29. The number of rotatable bonds is 8. The molecule has 0 spiro atoms. The van der Waals surface area contributed by atoms with Gasteiger partial charge in [-0.05, 0) is 73.2 Å². The first-order valence-corrected chi connectivity index (χ1v) is 15.5. The van der Waals surface area contributed by atoms with E-state index in [2.05, 4.69) is 21.3 Å². The first kappa shape index (κ1) is 28.3. The highest BCUT2D eigenvalue weighted by Gasteiger charge is 2.22. The van der Waals surface area contributed by atoms with Gasteiger partial charge in [-0.25, -0.2) is 13.4 Å². The van der Waals surface area contributed by atoms with Crippen LogP contribution in [-0.4, -0.2) is 48.7 Å². The molecule has 0 atom stereocenters. The molecule has 0 radical (unpaired) electrons. The van der Waals surface area contributed by atoms with Gasteiger partial charge in [0.05, 0.1) is 22.1 Å². The van der Waals surface area contributed by atoms with Gasteiger partial charge in [-0.2, -0.15) is 10.2 Å². The predicted molar refractivity (Wildman–Crippen MR) is 160 cm³/mol. The molecule has 9 heteroatoms. The van der Waals surface area contributed by atoms with Gasteiger partial charge >= 0.3 is 0 Å². The van der Waals surface area contributed by atoms with Crippen molar-refractivity contribution < 1.29 is 13.2 Å². The van der Waals surface area contributed by atoms with E-state index in [1.54, 1.807) is 18.3 Å². The lowest BCUT2D eigenvalue weighted by atomic mass is 10.0. The molecule has 210 valence electrons. The molecule has 1 N–H and O–H groups in total. The van der Waals surface area contributed by atoms with Crippen molar-refractivity contribution in [1.29, 1.82) is 5.26 Å². The lowest BCUT2D eigenvalue weighted by Gasteiger charge is -2.32. The number of nitriles is 1. The van der Waals surface area contributed by atoms with Gasteiger partial charge in [-0.3, -0.25) is 4.90 Å². The molecule has 1 fully saturated rings. The van der Waals surface area contributed by atoms with E-state index in [1.165, 1.54) is 6.26 Å². The molecule has 5 rings (SSSR count). The number of likely N-dealkylation sites (tertiary alicyclic amines) is 1. The van der Waals surface area contributed by atoms with Gasteiger partial charge in [0.25, 0.3) is 0 Å². The first-order valence-electron chi connectivity index (χ1n) is 13.6. The smallest absolute Gasteiger partial charge is 0.231 e. The number of ether oxygens (including phenoxy) is 1. The van der Waals surface area contributed by atoms with Gasteiger partial charge in [0, 0.05) is 38.1 Å². The van der Waals surface area contributed by atoms with Crippen LogP contribution in [0.2, 0.25) is 0 Å². The van der Waals surface area contributed by atoms with Gasteiger partial charge < -0.3 is 10.1 Å². The molecular formula is C32H33N5O3S. The highest BCUT2D eigenvalue weighted by Crippen LogP contribution is 2.35. The second kappa shape index (κ2) is 12.1. The number of hydrogen-bond donors (Lipinski definition) is 1. The van der Waals surface area contributed by atoms with Crippen LogP contribution >= 0.6 is 0 Å². The number of aryl methyl sites for hydroxylation is 2. The largest absolute Gasteiger partial charge is 0.438 e. The molecule has 0 amide bonds. The third-order valence-corrected chi connectivity index (χ3v) is 8.43. The van der Waals surface area contributed by atoms with E-state index in [4.69, 9.17) is 9.72 Å². The normalized spacial score (nSPS) is 14.4. The molecular weight excluding hydrogens is 534 g/mol. The zero-order chi connectivity index (χ0) is 29.0. The van der Waals surface area contributed by atoms with Crippen molar-refractivity contribution in [2.24, 2.45) is 0 Å². The highest BCUT2D eigenvalue weighted by atomic mass is 32.2. The third-order valence-electron chi connectivity index (χ3n) is 7.31. The summed E-state index contributed by atoms with van der Waals surface area (Å²) in [5.74, 6) is 1.65. The molecule has 1 aliphatic heterocycles. The summed E-state index contributed by atoms with van der Waals surface area (Å²) in [4.78, 5) is 12.2. The van der Waals surface area contributed by atoms with Gasteiger partial charge in [0.2, 0.25) is 11.8 Å². The van der Waals surface area contributed by atoms with E-state index in [-0.39, 0.29) is 6.04 Å². The van der Waals surface area contributed by atoms with Crippen molar-refractivity contribution in [3.8, 4) is 28.8 Å². The average molecular weight is 568 g/mol. The summed E-state index contributed by atoms with van der Waals surface area (Å²) in [5, 5.41) is 12.8. The Hall–Kier alpha value is -4.26. The number of anilines is 1. The van der Waals surface area contributed by atoms with Crippen LogP contribution in [0.5, 0.6) is 11.6 Å². The molecule has 8 nitrogen and oxygen atoms in total. The second-order valence-electron chi connectivity index (χ2n) is 10.5. The van der Waals surface area contributed by atoms with E-state index >= 15 is 0 Å². The Bertz CT molecular complexity index is 1650. The molecule has 2 heterocycles. The van der Waals surface area contributed by atoms with Crippen molar-refractivity contribution in [1.82, 2.24) is 14.9 Å². The molecule has 41 heavy (non-hydrogen) atoms. The van der Waals surface area contributed by atoms with Gasteiger partial charge in [0.1, 0.15) is 5.75 Å². The number of sulfone groups is 1. The molecule has 1 aromatic heterocycles. The van der Waals surface area contributed by atoms with Crippen LogP contribution in [0.15, 0.2) is 77.8 Å². The Morgan fingerprint density at radius 1 is 1.02 bits per heavy atom. The van der Waals surface area contributed by atoms with Crippen LogP contribution in [0.3, 0.4) is 0 Å². The van der Waals surface area contributed by atoms with Crippen molar-refractivity contribution in [2.75, 3.05) is 24.7 Å². The monoisotopic (exact) mass is 567 g/mol. The van der Waals surface area contributed by atoms with Crippen molar-refractivity contribution in [2.45, 2.75) is 44.2 Å². The lowest BCUT2D eigenvalue weighted by Crippen LogP contribution is -2.39. The Morgan fingerprint density at radius 2 is 1.68 bits per heavy atom. The fraction of sp³-hybridized carbons (Fsp3) is 0.281. The van der Waals surface area contributed by atoms with E-state index in [0.29, 0.717) is 28.0 Å². The van der Waals surface area contributed by atoms with Crippen LogP contribution in [0, 0.1) is 25.2 Å². The molecule has 3 aromatic carbocycles. The maximum Gasteiger partial charge on any atom is 0.231 e. The maximum atomic E-state index is 11.7. The maximum absolute atomic E-state index is 11.7. The molecule has 1 aliphatic rings. The summed E-state index contributed by atoms with van der Waals surface area (Å²) < 4.78 is 29.9. The van der Waals surface area contributed by atoms with Crippen LogP contribution in [-0.2, 0) is 16.4 Å². The fourth-order valence-corrected chi connectivity index (χ4v) is 5.75. The number of nitrogens with zero attached hydrogens (tertiary/aromatic N) is 4. The molecule has 0 bridgehead atoms. The van der Waals surface area contributed by atoms with Crippen LogP contribution in [0.4, 0.5) is 5.95 Å². The van der Waals surface area contributed by atoms with Crippen LogP contribution in [0.25, 0.3) is 11.1 Å². The summed E-state index contributed by atoms with van der Waals surface area (Å²) in [6.45, 7) is 6.45. The third kappa shape index (κ3) is 6.91. The van der Waals surface area contributed by atoms with E-state index < -0.39 is 9.84 Å². The van der Waals surface area contributed by atoms with E-state index in [9.17, 15) is 13.7 Å². The number of piperidine rings is 1. The summed E-state index contributed by atoms with van der Waals surface area (Å²) in [5.41, 5.74) is 5.17. The minimum atomic E-state index is -3.19. The van der Waals surface area contributed by atoms with Crippen molar-refractivity contribution >= 4 is 15.8 Å². The Kier molecular flexibility index (Phi) is 8.34. The Labute approximate surface area is 241 Å². The lowest BCUT2D eigenvalue weighted by molar-refractivity contribution is 0.211. The topological polar surface area (TPSA) is 108 Å². The van der Waals surface area contributed by atoms with Gasteiger partial charge in [0.15, 0.2) is 9.84 Å². The van der Waals surface area contributed by atoms with Crippen LogP contribution in [0.1, 0.15) is 35.1 Å². The highest BCUT2D eigenvalue weighted by molar-refractivity contribution is 7.90. The fourth-order valence-electron chi connectivity index (χ4n) is 5.12. The summed E-state index contributed by atoms with van der Waals surface area (Å²) in [7, 11) is -3.19. The zero-order valence-corrected chi connectivity index (χ0v) is 24.3. The molecule has 1 saturated heterocycles. The zero-order valence-electron chi connectivity index (χ0n) is 23.5. The predicted octanol–water partition coefficient (Wildman–Crippen LogP) is 5.90. The number of benzene rings is 3. The van der Waals surface area contributed by atoms with Gasteiger partial charge in [-0.15, -0.1) is 0 Å². The minimum absolute atomic E-state index is 0.215. The van der Waals surface area contributed by atoms with E-state index in [0.717, 1.165) is 60.3 Å². The minimum Gasteiger partial charge on any atom is -0.438 e. The van der Waals surface area contributed by atoms with Crippen molar-refractivity contribution in [3.63, 3.8) is 0 Å². The molecule has 0 unspecified atom stereocenters. The van der Waals surface area contributed by atoms with E-state index in [1.807, 2.05) is 68.4 Å². The quantitative estimate of drug-likeness (QED) is 0.280. The molecule has 4 aromatic rings. The van der Waals surface area contributed by atoms with Crippen LogP contribution < -0.4 is 10.1 Å².